The Bertz CT molecular complexity index is 497. The topological polar surface area (TPSA) is 70.2 Å². The molecule has 1 aromatic carbocycles. The van der Waals surface area contributed by atoms with Crippen molar-refractivity contribution in [2.45, 2.75) is 12.5 Å². The van der Waals surface area contributed by atoms with E-state index in [-0.39, 0.29) is 11.8 Å². The quantitative estimate of drug-likeness (QED) is 0.751. The van der Waals surface area contributed by atoms with Crippen molar-refractivity contribution < 1.29 is 9.84 Å². The first-order chi connectivity index (χ1) is 8.74. The lowest BCUT2D eigenvalue weighted by molar-refractivity contribution is 0.407. The van der Waals surface area contributed by atoms with Gasteiger partial charge in [0.1, 0.15) is 17.3 Å². The highest BCUT2D eigenvalue weighted by molar-refractivity contribution is 5.41. The van der Waals surface area contributed by atoms with E-state index in [1.165, 1.54) is 0 Å². The average Bonchev–Trinajstić information content (AvgIpc) is 2.90. The van der Waals surface area contributed by atoms with Gasteiger partial charge in [0.05, 0.1) is 7.11 Å². The molecule has 0 saturated carbocycles. The van der Waals surface area contributed by atoms with Gasteiger partial charge in [-0.15, -0.1) is 0 Å². The number of phenols is 1. The Kier molecular flexibility index (Phi) is 3.84. The van der Waals surface area contributed by atoms with Crippen molar-refractivity contribution in [3.05, 3.63) is 42.0 Å². The number of phenolic OH excluding ortho intramolecular Hbond substituents is 1. The Balaban J connectivity index is 2.26. The number of benzene rings is 1. The van der Waals surface area contributed by atoms with E-state index in [9.17, 15) is 5.11 Å². The first-order valence-electron chi connectivity index (χ1n) is 5.77. The fourth-order valence-electron chi connectivity index (χ4n) is 1.91. The van der Waals surface area contributed by atoms with Gasteiger partial charge in [0, 0.05) is 30.4 Å². The molecule has 0 fully saturated rings. The molecule has 0 unspecified atom stereocenters. The Morgan fingerprint density at radius 1 is 1.50 bits per heavy atom. The molecule has 1 heterocycles. The number of nitrogens with one attached hydrogen (secondary N) is 2. The smallest absolute Gasteiger partial charge is 0.120 e. The molecule has 5 heteroatoms. The van der Waals surface area contributed by atoms with Gasteiger partial charge in [0.2, 0.25) is 0 Å². The Hall–Kier alpha value is -2.01. The summed E-state index contributed by atoms with van der Waals surface area (Å²) in [6, 6.07) is 5.18. The van der Waals surface area contributed by atoms with E-state index in [2.05, 4.69) is 15.3 Å². The summed E-state index contributed by atoms with van der Waals surface area (Å²) in [7, 11) is 3.46. The lowest BCUT2D eigenvalue weighted by Gasteiger charge is -2.17. The third kappa shape index (κ3) is 2.62. The molecule has 0 spiro atoms. The van der Waals surface area contributed by atoms with E-state index >= 15 is 0 Å². The molecule has 0 bridgehead atoms. The van der Waals surface area contributed by atoms with Crippen molar-refractivity contribution in [3.63, 3.8) is 0 Å². The molecule has 0 saturated heterocycles. The molecular weight excluding hydrogens is 230 g/mol. The number of aromatic amines is 1. The minimum Gasteiger partial charge on any atom is -0.508 e. The van der Waals surface area contributed by atoms with E-state index in [1.807, 2.05) is 13.1 Å². The number of nitrogens with zero attached hydrogens (tertiary/aromatic N) is 1. The van der Waals surface area contributed by atoms with Crippen LogP contribution in [0, 0.1) is 0 Å². The van der Waals surface area contributed by atoms with Gasteiger partial charge in [-0.2, -0.15) is 0 Å². The standard InChI is InChI=1S/C13H17N3O2/c1-14-11(8-13-15-5-6-16-13)10-7-9(18-2)3-4-12(10)17/h3-7,11,14,17H,8H2,1-2H3,(H,15,16)/t11-/m0/s1. The largest absolute Gasteiger partial charge is 0.508 e. The van der Waals surface area contributed by atoms with Crippen molar-refractivity contribution in [2.75, 3.05) is 14.2 Å². The second-order valence-electron chi connectivity index (χ2n) is 4.01. The lowest BCUT2D eigenvalue weighted by atomic mass is 10.0. The molecule has 1 atom stereocenters. The summed E-state index contributed by atoms with van der Waals surface area (Å²) in [5.41, 5.74) is 0.799. The Morgan fingerprint density at radius 3 is 2.94 bits per heavy atom. The zero-order valence-corrected chi connectivity index (χ0v) is 10.5. The molecular formula is C13H17N3O2. The maximum absolute atomic E-state index is 9.93. The van der Waals surface area contributed by atoms with Crippen molar-refractivity contribution in [1.82, 2.24) is 15.3 Å². The first-order valence-corrected chi connectivity index (χ1v) is 5.77. The highest BCUT2D eigenvalue weighted by atomic mass is 16.5. The summed E-state index contributed by atoms with van der Waals surface area (Å²) in [4.78, 5) is 7.25. The number of hydrogen-bond acceptors (Lipinski definition) is 4. The van der Waals surface area contributed by atoms with E-state index in [0.29, 0.717) is 6.42 Å². The van der Waals surface area contributed by atoms with Crippen molar-refractivity contribution in [2.24, 2.45) is 0 Å². The van der Waals surface area contributed by atoms with Gasteiger partial charge in [-0.1, -0.05) is 0 Å². The maximum atomic E-state index is 9.93. The molecule has 0 aliphatic heterocycles. The SMILES string of the molecule is CN[C@@H](Cc1ncc[nH]1)c1cc(OC)ccc1O. The molecule has 18 heavy (non-hydrogen) atoms. The highest BCUT2D eigenvalue weighted by Gasteiger charge is 2.16. The van der Waals surface area contributed by atoms with Gasteiger partial charge in [0.25, 0.3) is 0 Å². The van der Waals surface area contributed by atoms with Gasteiger partial charge >= 0.3 is 0 Å². The van der Waals surface area contributed by atoms with Gasteiger partial charge < -0.3 is 20.1 Å². The first kappa shape index (κ1) is 12.4. The molecule has 0 radical (unpaired) electrons. The number of ether oxygens (including phenoxy) is 1. The van der Waals surface area contributed by atoms with Crippen LogP contribution < -0.4 is 10.1 Å². The summed E-state index contributed by atoms with van der Waals surface area (Å²) in [5, 5.41) is 13.1. The molecule has 96 valence electrons. The summed E-state index contributed by atoms with van der Waals surface area (Å²) >= 11 is 0. The van der Waals surface area contributed by atoms with Crippen LogP contribution in [0.3, 0.4) is 0 Å². The van der Waals surface area contributed by atoms with Crippen LogP contribution in [-0.4, -0.2) is 29.2 Å². The number of rotatable bonds is 5. The second kappa shape index (κ2) is 5.55. The van der Waals surface area contributed by atoms with Crippen molar-refractivity contribution >= 4 is 0 Å². The Morgan fingerprint density at radius 2 is 2.33 bits per heavy atom. The summed E-state index contributed by atoms with van der Waals surface area (Å²) in [5.74, 6) is 1.85. The summed E-state index contributed by atoms with van der Waals surface area (Å²) < 4.78 is 5.18. The van der Waals surface area contributed by atoms with Crippen LogP contribution in [0.4, 0.5) is 0 Å². The fourth-order valence-corrected chi connectivity index (χ4v) is 1.91. The number of hydrogen-bond donors (Lipinski definition) is 3. The molecule has 0 aliphatic rings. The maximum Gasteiger partial charge on any atom is 0.120 e. The summed E-state index contributed by atoms with van der Waals surface area (Å²) in [6.07, 6.45) is 4.17. The minimum absolute atomic E-state index is 0.0220. The monoisotopic (exact) mass is 247 g/mol. The van der Waals surface area contributed by atoms with Gasteiger partial charge in [-0.05, 0) is 25.2 Å². The van der Waals surface area contributed by atoms with Crippen LogP contribution in [0.1, 0.15) is 17.4 Å². The number of aromatic hydroxyl groups is 1. The molecule has 0 amide bonds. The number of methoxy groups -OCH3 is 1. The third-order valence-electron chi connectivity index (χ3n) is 2.91. The zero-order valence-electron chi connectivity index (χ0n) is 10.5. The zero-order chi connectivity index (χ0) is 13.0. The van der Waals surface area contributed by atoms with E-state index < -0.39 is 0 Å². The van der Waals surface area contributed by atoms with Crippen LogP contribution in [0.2, 0.25) is 0 Å². The summed E-state index contributed by atoms with van der Waals surface area (Å²) in [6.45, 7) is 0. The number of likely N-dealkylation sites (N-methyl/N-ethyl adjacent to an activating group) is 1. The Labute approximate surface area is 106 Å². The van der Waals surface area contributed by atoms with Gasteiger partial charge in [0.15, 0.2) is 0 Å². The van der Waals surface area contributed by atoms with E-state index in [1.54, 1.807) is 31.6 Å². The average molecular weight is 247 g/mol. The number of imidazole rings is 1. The fraction of sp³-hybridized carbons (Fsp3) is 0.308. The van der Waals surface area contributed by atoms with Crippen LogP contribution in [-0.2, 0) is 6.42 Å². The number of H-pyrrole nitrogens is 1. The van der Waals surface area contributed by atoms with Gasteiger partial charge in [-0.25, -0.2) is 4.98 Å². The number of aromatic nitrogens is 2. The van der Waals surface area contributed by atoms with Crippen molar-refractivity contribution in [1.29, 1.82) is 0 Å². The molecule has 0 aliphatic carbocycles. The third-order valence-corrected chi connectivity index (χ3v) is 2.91. The molecule has 1 aromatic heterocycles. The van der Waals surface area contributed by atoms with Crippen molar-refractivity contribution in [3.8, 4) is 11.5 Å². The van der Waals surface area contributed by atoms with E-state index in [0.717, 1.165) is 17.1 Å². The van der Waals surface area contributed by atoms with Crippen LogP contribution in [0.5, 0.6) is 11.5 Å². The molecule has 2 aromatic rings. The lowest BCUT2D eigenvalue weighted by Crippen LogP contribution is -2.19. The molecule has 5 nitrogen and oxygen atoms in total. The van der Waals surface area contributed by atoms with E-state index in [4.69, 9.17) is 4.74 Å². The highest BCUT2D eigenvalue weighted by Crippen LogP contribution is 2.29. The normalized spacial score (nSPS) is 12.3. The van der Waals surface area contributed by atoms with Crippen LogP contribution in [0.15, 0.2) is 30.6 Å². The predicted molar refractivity (Wildman–Crippen MR) is 68.8 cm³/mol. The van der Waals surface area contributed by atoms with Crippen LogP contribution >= 0.6 is 0 Å². The second-order valence-corrected chi connectivity index (χ2v) is 4.01. The molecule has 3 N–H and O–H groups in total. The van der Waals surface area contributed by atoms with Gasteiger partial charge in [-0.3, -0.25) is 0 Å². The van der Waals surface area contributed by atoms with Crippen LogP contribution in [0.25, 0.3) is 0 Å². The molecule has 2 rings (SSSR count). The predicted octanol–water partition coefficient (Wildman–Crippen LogP) is 1.63. The minimum atomic E-state index is -0.0220.